The summed E-state index contributed by atoms with van der Waals surface area (Å²) in [7, 11) is 0. The average molecular weight is 389 g/mol. The second-order valence-corrected chi connectivity index (χ2v) is 9.19. The molecule has 2 aromatic rings. The molecule has 0 radical (unpaired) electrons. The van der Waals surface area contributed by atoms with Crippen LogP contribution in [-0.2, 0) is 10.5 Å². The Bertz CT molecular complexity index is 1130. The van der Waals surface area contributed by atoms with Crippen LogP contribution in [0.1, 0.15) is 48.2 Å². The van der Waals surface area contributed by atoms with Gasteiger partial charge in [-0.1, -0.05) is 50.2 Å². The number of nitrogens with zero attached hydrogens (tertiary/aromatic N) is 1. The Morgan fingerprint density at radius 1 is 0.966 bits per heavy atom. The first-order valence-corrected chi connectivity index (χ1v) is 9.84. The van der Waals surface area contributed by atoms with Crippen LogP contribution in [0.25, 0.3) is 0 Å². The van der Waals surface area contributed by atoms with Gasteiger partial charge < -0.3 is 15.1 Å². The zero-order chi connectivity index (χ0) is 20.8. The second kappa shape index (κ2) is 5.43. The van der Waals surface area contributed by atoms with Gasteiger partial charge in [0.1, 0.15) is 0 Å². The minimum Gasteiger partial charge on any atom is -0.372 e. The van der Waals surface area contributed by atoms with Crippen LogP contribution in [0.5, 0.6) is 0 Å². The molecule has 2 aromatic carbocycles. The highest BCUT2D eigenvalue weighted by molar-refractivity contribution is 6.19. The SMILES string of the molecule is Cc1cccc(N2C3=C(C(=O)CC(C)(C)C3)[C@]3(O)C(=O)c4ccccc4[C@]23O)c1. The predicted molar refractivity (Wildman–Crippen MR) is 108 cm³/mol. The van der Waals surface area contributed by atoms with Crippen molar-refractivity contribution in [3.63, 3.8) is 0 Å². The van der Waals surface area contributed by atoms with Crippen LogP contribution < -0.4 is 4.90 Å². The molecule has 5 heteroatoms. The monoisotopic (exact) mass is 389 g/mol. The fourth-order valence-electron chi connectivity index (χ4n) is 5.30. The molecule has 0 saturated heterocycles. The van der Waals surface area contributed by atoms with E-state index in [4.69, 9.17) is 0 Å². The van der Waals surface area contributed by atoms with E-state index in [-0.39, 0.29) is 28.8 Å². The molecule has 1 heterocycles. The van der Waals surface area contributed by atoms with Crippen molar-refractivity contribution in [3.8, 4) is 0 Å². The van der Waals surface area contributed by atoms with E-state index in [1.807, 2.05) is 45.0 Å². The summed E-state index contributed by atoms with van der Waals surface area (Å²) in [4.78, 5) is 28.2. The molecule has 0 amide bonds. The number of ketones is 2. The first-order valence-electron chi connectivity index (χ1n) is 9.84. The molecule has 148 valence electrons. The fraction of sp³-hybridized carbons (Fsp3) is 0.333. The Morgan fingerprint density at radius 3 is 2.41 bits per heavy atom. The van der Waals surface area contributed by atoms with Gasteiger partial charge in [0.2, 0.25) is 17.1 Å². The highest BCUT2D eigenvalue weighted by atomic mass is 16.4. The number of benzene rings is 2. The zero-order valence-corrected chi connectivity index (χ0v) is 16.7. The lowest BCUT2D eigenvalue weighted by Gasteiger charge is -2.41. The van der Waals surface area contributed by atoms with Gasteiger partial charge in [-0.2, -0.15) is 0 Å². The molecule has 0 aromatic heterocycles. The number of anilines is 1. The number of allylic oxidation sites excluding steroid dienone is 1. The highest BCUT2D eigenvalue weighted by Gasteiger charge is 2.74. The topological polar surface area (TPSA) is 77.8 Å². The maximum Gasteiger partial charge on any atom is 0.211 e. The van der Waals surface area contributed by atoms with Crippen molar-refractivity contribution in [3.05, 3.63) is 76.5 Å². The molecule has 0 fully saturated rings. The van der Waals surface area contributed by atoms with Crippen molar-refractivity contribution in [2.45, 2.75) is 44.9 Å². The smallest absolute Gasteiger partial charge is 0.211 e. The van der Waals surface area contributed by atoms with Crippen molar-refractivity contribution in [1.82, 2.24) is 0 Å². The van der Waals surface area contributed by atoms with Crippen molar-refractivity contribution in [1.29, 1.82) is 0 Å². The Kier molecular flexibility index (Phi) is 3.43. The molecule has 2 atom stereocenters. The van der Waals surface area contributed by atoms with Gasteiger partial charge in [-0.25, -0.2) is 0 Å². The van der Waals surface area contributed by atoms with Gasteiger partial charge in [0.05, 0.1) is 5.57 Å². The number of rotatable bonds is 1. The van der Waals surface area contributed by atoms with Crippen LogP contribution in [0.15, 0.2) is 59.8 Å². The number of carbonyl (C=O) groups excluding carboxylic acids is 2. The third-order valence-electron chi connectivity index (χ3n) is 6.45. The molecule has 0 unspecified atom stereocenters. The summed E-state index contributed by atoms with van der Waals surface area (Å²) >= 11 is 0. The number of aryl methyl sites for hydroxylation is 1. The third kappa shape index (κ3) is 2.07. The molecule has 5 rings (SSSR count). The van der Waals surface area contributed by atoms with Crippen LogP contribution in [0.3, 0.4) is 0 Å². The van der Waals surface area contributed by atoms with Crippen molar-refractivity contribution >= 4 is 17.3 Å². The number of carbonyl (C=O) groups is 2. The molecule has 1 aliphatic heterocycles. The Hall–Kier alpha value is -2.76. The summed E-state index contributed by atoms with van der Waals surface area (Å²) in [5.74, 6) is -0.903. The van der Waals surface area contributed by atoms with Gasteiger partial charge in [-0.05, 0) is 36.5 Å². The molecule has 29 heavy (non-hydrogen) atoms. The lowest BCUT2D eigenvalue weighted by molar-refractivity contribution is -0.124. The summed E-state index contributed by atoms with van der Waals surface area (Å²) in [6.45, 7) is 5.91. The van der Waals surface area contributed by atoms with E-state index in [0.29, 0.717) is 23.4 Å². The lowest BCUT2D eigenvalue weighted by Crippen LogP contribution is -2.58. The summed E-state index contributed by atoms with van der Waals surface area (Å²) in [5.41, 5.74) is -1.95. The highest BCUT2D eigenvalue weighted by Crippen LogP contribution is 2.61. The van der Waals surface area contributed by atoms with Crippen LogP contribution in [-0.4, -0.2) is 27.4 Å². The molecular formula is C24H23NO4. The Morgan fingerprint density at radius 2 is 1.69 bits per heavy atom. The van der Waals surface area contributed by atoms with E-state index in [9.17, 15) is 19.8 Å². The second-order valence-electron chi connectivity index (χ2n) is 9.19. The molecular weight excluding hydrogens is 366 g/mol. The zero-order valence-electron chi connectivity index (χ0n) is 16.7. The predicted octanol–water partition coefficient (Wildman–Crippen LogP) is 3.23. The first-order chi connectivity index (χ1) is 13.6. The van der Waals surface area contributed by atoms with E-state index < -0.39 is 17.1 Å². The molecule has 3 aliphatic rings. The van der Waals surface area contributed by atoms with Gasteiger partial charge in [0.15, 0.2) is 5.78 Å². The largest absolute Gasteiger partial charge is 0.372 e. The minimum atomic E-state index is -2.32. The van der Waals surface area contributed by atoms with Gasteiger partial charge in [0.25, 0.3) is 0 Å². The number of hydrogen-bond acceptors (Lipinski definition) is 5. The molecule has 0 bridgehead atoms. The van der Waals surface area contributed by atoms with Gasteiger partial charge in [-0.3, -0.25) is 9.59 Å². The van der Waals surface area contributed by atoms with Crippen molar-refractivity contribution in [2.75, 3.05) is 4.90 Å². The van der Waals surface area contributed by atoms with E-state index in [1.165, 1.54) is 0 Å². The van der Waals surface area contributed by atoms with E-state index in [1.54, 1.807) is 29.2 Å². The summed E-state index contributed by atoms with van der Waals surface area (Å²) in [6.07, 6.45) is 0.692. The average Bonchev–Trinajstić information content (AvgIpc) is 2.95. The van der Waals surface area contributed by atoms with Crippen LogP contribution in [0.4, 0.5) is 5.69 Å². The number of aliphatic hydroxyl groups is 2. The quantitative estimate of drug-likeness (QED) is 0.783. The fourth-order valence-corrected chi connectivity index (χ4v) is 5.30. The van der Waals surface area contributed by atoms with Crippen molar-refractivity contribution in [2.24, 2.45) is 5.41 Å². The van der Waals surface area contributed by atoms with E-state index in [0.717, 1.165) is 5.56 Å². The van der Waals surface area contributed by atoms with E-state index in [2.05, 4.69) is 0 Å². The number of Topliss-reactive ketones (excluding diaryl/α,β-unsaturated/α-hetero) is 2. The lowest BCUT2D eigenvalue weighted by atomic mass is 9.72. The molecule has 0 spiro atoms. The number of fused-ring (bicyclic) bond motifs is 4. The molecule has 2 aliphatic carbocycles. The maximum absolute atomic E-state index is 13.4. The van der Waals surface area contributed by atoms with E-state index >= 15 is 0 Å². The third-order valence-corrected chi connectivity index (χ3v) is 6.45. The van der Waals surface area contributed by atoms with Gasteiger partial charge >= 0.3 is 0 Å². The molecule has 5 nitrogen and oxygen atoms in total. The van der Waals surface area contributed by atoms with Gasteiger partial charge in [-0.15, -0.1) is 0 Å². The van der Waals surface area contributed by atoms with Crippen LogP contribution in [0, 0.1) is 12.3 Å². The van der Waals surface area contributed by atoms with Crippen molar-refractivity contribution < 1.29 is 19.8 Å². The molecule has 0 saturated carbocycles. The van der Waals surface area contributed by atoms with Crippen LogP contribution in [0.2, 0.25) is 0 Å². The maximum atomic E-state index is 13.4. The molecule has 2 N–H and O–H groups in total. The summed E-state index contributed by atoms with van der Waals surface area (Å²) in [6, 6.07) is 14.2. The Balaban J connectivity index is 1.87. The first kappa shape index (κ1) is 18.3. The summed E-state index contributed by atoms with van der Waals surface area (Å²) < 4.78 is 0. The van der Waals surface area contributed by atoms with Gasteiger partial charge in [0, 0.05) is 28.9 Å². The summed E-state index contributed by atoms with van der Waals surface area (Å²) in [5, 5.41) is 23.9. The minimum absolute atomic E-state index is 0.0435. The van der Waals surface area contributed by atoms with Crippen LogP contribution >= 0.6 is 0 Å². The number of hydrogen-bond donors (Lipinski definition) is 2. The standard InChI is InChI=1S/C24H23NO4/c1-14-7-6-8-15(11-14)25-18-12-22(2,3)13-19(26)20(18)23(28)21(27)16-9-4-5-10-17(16)24(23,25)29/h4-11,28-29H,12-13H2,1-3H3/t23-,24+/m0/s1. The normalized spacial score (nSPS) is 29.8. The Labute approximate surface area is 169 Å².